The van der Waals surface area contributed by atoms with Gasteiger partial charge in [-0.15, -0.1) is 0 Å². The molecule has 3 nitrogen and oxygen atoms in total. The molecule has 0 unspecified atom stereocenters. The molecule has 0 N–H and O–H groups in total. The van der Waals surface area contributed by atoms with Gasteiger partial charge in [0, 0.05) is 6.42 Å². The van der Waals surface area contributed by atoms with Gasteiger partial charge in [0.25, 0.3) is 0 Å². The minimum atomic E-state index is -3.68. The van der Waals surface area contributed by atoms with Gasteiger partial charge in [-0.25, -0.2) is 12.8 Å². The average molecular weight is 230 g/mol. The summed E-state index contributed by atoms with van der Waals surface area (Å²) in [6.45, 7) is 1.59. The largest absolute Gasteiger partial charge is 0.299 e. The predicted molar refractivity (Wildman–Crippen MR) is 53.8 cm³/mol. The maximum absolute atomic E-state index is 12.8. The van der Waals surface area contributed by atoms with E-state index in [1.807, 2.05) is 0 Å². The maximum atomic E-state index is 12.8. The Morgan fingerprint density at radius 2 is 2.07 bits per heavy atom. The molecule has 0 atom stereocenters. The molecule has 0 aliphatic heterocycles. The first-order valence-electron chi connectivity index (χ1n) is 4.45. The van der Waals surface area contributed by atoms with Crippen LogP contribution in [0.1, 0.15) is 13.3 Å². The van der Waals surface area contributed by atoms with E-state index in [1.54, 1.807) is 6.92 Å². The lowest BCUT2D eigenvalue weighted by molar-refractivity contribution is -0.116. The molecule has 0 amide bonds. The van der Waals surface area contributed by atoms with Crippen LogP contribution < -0.4 is 0 Å². The maximum Gasteiger partial charge on any atom is 0.185 e. The summed E-state index contributed by atoms with van der Waals surface area (Å²) in [5, 5.41) is 0. The number of ketones is 1. The molecule has 0 bridgehead atoms. The fraction of sp³-hybridized carbons (Fsp3) is 0.300. The molecule has 0 aromatic heterocycles. The number of hydrogen-bond donors (Lipinski definition) is 0. The Labute approximate surface area is 87.8 Å². The van der Waals surface area contributed by atoms with Crippen LogP contribution in [0.2, 0.25) is 0 Å². The van der Waals surface area contributed by atoms with Crippen molar-refractivity contribution in [2.45, 2.75) is 18.2 Å². The predicted octanol–water partition coefficient (Wildman–Crippen LogP) is 1.58. The van der Waals surface area contributed by atoms with Gasteiger partial charge in [0.15, 0.2) is 9.84 Å². The van der Waals surface area contributed by atoms with Crippen molar-refractivity contribution >= 4 is 15.6 Å². The van der Waals surface area contributed by atoms with E-state index in [0.717, 1.165) is 12.1 Å². The molecule has 1 aromatic rings. The minimum absolute atomic E-state index is 0.149. The summed E-state index contributed by atoms with van der Waals surface area (Å²) in [4.78, 5) is 10.9. The third-order valence-electron chi connectivity index (χ3n) is 1.90. The molecular weight excluding hydrogens is 219 g/mol. The molecule has 0 aliphatic rings. The van der Waals surface area contributed by atoms with Gasteiger partial charge in [-0.05, 0) is 18.2 Å². The first-order valence-corrected chi connectivity index (χ1v) is 6.11. The average Bonchev–Trinajstić information content (AvgIpc) is 2.17. The number of benzene rings is 1. The van der Waals surface area contributed by atoms with Crippen molar-refractivity contribution in [3.05, 3.63) is 30.1 Å². The fourth-order valence-corrected chi connectivity index (χ4v) is 2.43. The minimum Gasteiger partial charge on any atom is -0.299 e. The van der Waals surface area contributed by atoms with Gasteiger partial charge < -0.3 is 0 Å². The highest BCUT2D eigenvalue weighted by atomic mass is 32.2. The first-order chi connectivity index (χ1) is 6.95. The van der Waals surface area contributed by atoms with Gasteiger partial charge in [0.2, 0.25) is 0 Å². The third-order valence-corrected chi connectivity index (χ3v) is 3.57. The molecule has 1 rings (SSSR count). The number of rotatable bonds is 4. The highest BCUT2D eigenvalue weighted by Gasteiger charge is 2.18. The van der Waals surface area contributed by atoms with Crippen LogP contribution in [0.25, 0.3) is 0 Å². The van der Waals surface area contributed by atoms with Crippen LogP contribution in [0.4, 0.5) is 4.39 Å². The van der Waals surface area contributed by atoms with Gasteiger partial charge in [0.05, 0.1) is 4.90 Å². The standard InChI is InChI=1S/C10H11FO3S/c1-2-9(12)7-15(13,14)10-5-3-4-8(11)6-10/h3-6H,2,7H2,1H3. The number of sulfone groups is 1. The summed E-state index contributed by atoms with van der Waals surface area (Å²) >= 11 is 0. The Morgan fingerprint density at radius 1 is 1.40 bits per heavy atom. The van der Waals surface area contributed by atoms with E-state index in [2.05, 4.69) is 0 Å². The van der Waals surface area contributed by atoms with Crippen molar-refractivity contribution in [3.8, 4) is 0 Å². The molecule has 0 fully saturated rings. The Morgan fingerprint density at radius 3 is 2.60 bits per heavy atom. The van der Waals surface area contributed by atoms with Crippen LogP contribution in [0.15, 0.2) is 29.2 Å². The Kier molecular flexibility index (Phi) is 3.57. The van der Waals surface area contributed by atoms with Crippen molar-refractivity contribution in [2.75, 3.05) is 5.75 Å². The van der Waals surface area contributed by atoms with E-state index >= 15 is 0 Å². The fourth-order valence-electron chi connectivity index (χ4n) is 1.06. The molecule has 1 aromatic carbocycles. The molecular formula is C10H11FO3S. The van der Waals surface area contributed by atoms with Gasteiger partial charge in [-0.3, -0.25) is 4.79 Å². The Bertz CT molecular complexity index is 465. The van der Waals surface area contributed by atoms with Gasteiger partial charge >= 0.3 is 0 Å². The lowest BCUT2D eigenvalue weighted by Gasteiger charge is -2.02. The molecule has 5 heteroatoms. The van der Waals surface area contributed by atoms with E-state index in [-0.39, 0.29) is 17.1 Å². The van der Waals surface area contributed by atoms with Crippen LogP contribution in [0.3, 0.4) is 0 Å². The quantitative estimate of drug-likeness (QED) is 0.789. The molecule has 0 spiro atoms. The van der Waals surface area contributed by atoms with Crippen molar-refractivity contribution in [2.24, 2.45) is 0 Å². The summed E-state index contributed by atoms with van der Waals surface area (Å²) < 4.78 is 35.9. The number of carbonyl (C=O) groups is 1. The number of halogens is 1. The molecule has 0 heterocycles. The highest BCUT2D eigenvalue weighted by Crippen LogP contribution is 2.12. The van der Waals surface area contributed by atoms with Gasteiger partial charge in [0.1, 0.15) is 17.4 Å². The second-order valence-corrected chi connectivity index (χ2v) is 5.10. The normalized spacial score (nSPS) is 11.3. The molecule has 0 saturated heterocycles. The molecule has 0 radical (unpaired) electrons. The van der Waals surface area contributed by atoms with Crippen LogP contribution >= 0.6 is 0 Å². The monoisotopic (exact) mass is 230 g/mol. The van der Waals surface area contributed by atoms with Crippen molar-refractivity contribution in [1.82, 2.24) is 0 Å². The topological polar surface area (TPSA) is 51.2 Å². The SMILES string of the molecule is CCC(=O)CS(=O)(=O)c1cccc(F)c1. The second-order valence-electron chi connectivity index (χ2n) is 3.11. The third kappa shape index (κ3) is 3.13. The molecule has 0 saturated carbocycles. The van der Waals surface area contributed by atoms with Crippen molar-refractivity contribution in [3.63, 3.8) is 0 Å². The van der Waals surface area contributed by atoms with Gasteiger partial charge in [-0.1, -0.05) is 13.0 Å². The summed E-state index contributed by atoms with van der Waals surface area (Å²) in [7, 11) is -3.68. The Balaban J connectivity index is 3.01. The lowest BCUT2D eigenvalue weighted by atomic mass is 10.3. The molecule has 0 aliphatic carbocycles. The van der Waals surface area contributed by atoms with Crippen molar-refractivity contribution < 1.29 is 17.6 Å². The van der Waals surface area contributed by atoms with Crippen LogP contribution in [0, 0.1) is 5.82 Å². The summed E-state index contributed by atoms with van der Waals surface area (Å²) in [5.74, 6) is -1.56. The smallest absolute Gasteiger partial charge is 0.185 e. The Hall–Kier alpha value is -1.23. The first kappa shape index (κ1) is 11.8. The number of carbonyl (C=O) groups excluding carboxylic acids is 1. The zero-order valence-corrected chi connectivity index (χ0v) is 9.05. The lowest BCUT2D eigenvalue weighted by Crippen LogP contribution is -2.15. The van der Waals surface area contributed by atoms with Crippen LogP contribution in [0.5, 0.6) is 0 Å². The van der Waals surface area contributed by atoms with E-state index in [9.17, 15) is 17.6 Å². The summed E-state index contributed by atoms with van der Waals surface area (Å²) in [6, 6.07) is 4.65. The van der Waals surface area contributed by atoms with E-state index in [4.69, 9.17) is 0 Å². The molecule has 15 heavy (non-hydrogen) atoms. The zero-order chi connectivity index (χ0) is 11.5. The zero-order valence-electron chi connectivity index (χ0n) is 8.23. The molecule has 82 valence electrons. The second kappa shape index (κ2) is 4.53. The number of hydrogen-bond acceptors (Lipinski definition) is 3. The van der Waals surface area contributed by atoms with E-state index in [1.165, 1.54) is 12.1 Å². The van der Waals surface area contributed by atoms with E-state index in [0.29, 0.717) is 0 Å². The number of Topliss-reactive ketones (excluding diaryl/α,β-unsaturated/α-hetero) is 1. The summed E-state index contributed by atoms with van der Waals surface area (Å²) in [6.07, 6.45) is 0.161. The summed E-state index contributed by atoms with van der Waals surface area (Å²) in [5.41, 5.74) is 0. The van der Waals surface area contributed by atoms with E-state index < -0.39 is 21.4 Å². The van der Waals surface area contributed by atoms with Gasteiger partial charge in [-0.2, -0.15) is 0 Å². The van der Waals surface area contributed by atoms with Crippen LogP contribution in [-0.2, 0) is 14.6 Å². The highest BCUT2D eigenvalue weighted by molar-refractivity contribution is 7.92. The van der Waals surface area contributed by atoms with Crippen LogP contribution in [-0.4, -0.2) is 20.0 Å². The van der Waals surface area contributed by atoms with Crippen molar-refractivity contribution in [1.29, 1.82) is 0 Å².